The van der Waals surface area contributed by atoms with Crippen molar-refractivity contribution in [3.05, 3.63) is 33.6 Å². The maximum atomic E-state index is 11.9. The van der Waals surface area contributed by atoms with Crippen LogP contribution in [0.5, 0.6) is 0 Å². The fourth-order valence-corrected chi connectivity index (χ4v) is 3.36. The van der Waals surface area contributed by atoms with Crippen LogP contribution in [0.25, 0.3) is 10.1 Å². The van der Waals surface area contributed by atoms with E-state index >= 15 is 0 Å². The van der Waals surface area contributed by atoms with E-state index in [-0.39, 0.29) is 5.78 Å². The Kier molecular flexibility index (Phi) is 4.00. The van der Waals surface area contributed by atoms with Crippen molar-refractivity contribution in [2.75, 3.05) is 5.88 Å². The Morgan fingerprint density at radius 1 is 1.44 bits per heavy atom. The highest BCUT2D eigenvalue weighted by Gasteiger charge is 2.12. The van der Waals surface area contributed by atoms with Gasteiger partial charge < -0.3 is 0 Å². The summed E-state index contributed by atoms with van der Waals surface area (Å²) in [6.07, 6.45) is 1.27. The van der Waals surface area contributed by atoms with Crippen molar-refractivity contribution in [3.63, 3.8) is 0 Å². The van der Waals surface area contributed by atoms with Crippen LogP contribution in [0.4, 0.5) is 0 Å². The molecule has 0 saturated heterocycles. The van der Waals surface area contributed by atoms with E-state index in [1.165, 1.54) is 0 Å². The molecule has 0 atom stereocenters. The minimum absolute atomic E-state index is 0.185. The summed E-state index contributed by atoms with van der Waals surface area (Å²) in [6, 6.07) is 5.94. The molecule has 0 N–H and O–H groups in total. The molecule has 0 aliphatic rings. The second-order valence-electron chi connectivity index (χ2n) is 3.48. The highest BCUT2D eigenvalue weighted by molar-refractivity contribution is 9.10. The van der Waals surface area contributed by atoms with E-state index in [1.807, 2.05) is 23.6 Å². The zero-order valence-electron chi connectivity index (χ0n) is 8.50. The number of thiophene rings is 1. The van der Waals surface area contributed by atoms with Crippen LogP contribution in [0.3, 0.4) is 0 Å². The average molecular weight is 318 g/mol. The maximum Gasteiger partial charge on any atom is 0.164 e. The summed E-state index contributed by atoms with van der Waals surface area (Å²) in [5.74, 6) is 0.724. The number of fused-ring (bicyclic) bond motifs is 1. The van der Waals surface area contributed by atoms with Gasteiger partial charge in [0.1, 0.15) is 0 Å². The standard InChI is InChI=1S/C12H10BrClOS/c13-10-4-1-3-8-9(7-16-12(8)10)11(15)5-2-6-14/h1,3-4,7H,2,5-6H2. The number of benzene rings is 1. The van der Waals surface area contributed by atoms with Gasteiger partial charge in [0.05, 0.1) is 0 Å². The van der Waals surface area contributed by atoms with Crippen LogP contribution in [0.1, 0.15) is 23.2 Å². The molecule has 16 heavy (non-hydrogen) atoms. The summed E-state index contributed by atoms with van der Waals surface area (Å²) in [5, 5.41) is 2.98. The first kappa shape index (κ1) is 12.1. The minimum atomic E-state index is 0.185. The highest BCUT2D eigenvalue weighted by Crippen LogP contribution is 2.32. The summed E-state index contributed by atoms with van der Waals surface area (Å²) in [6.45, 7) is 0. The molecule has 0 aliphatic carbocycles. The van der Waals surface area contributed by atoms with E-state index in [9.17, 15) is 4.79 Å². The number of rotatable bonds is 4. The Bertz CT molecular complexity index is 521. The van der Waals surface area contributed by atoms with E-state index < -0.39 is 0 Å². The number of halogens is 2. The molecule has 1 heterocycles. The molecule has 0 fully saturated rings. The first-order chi connectivity index (χ1) is 7.74. The fourth-order valence-electron chi connectivity index (χ4n) is 1.60. The summed E-state index contributed by atoms with van der Waals surface area (Å²) >= 11 is 10.7. The molecule has 2 rings (SSSR count). The largest absolute Gasteiger partial charge is 0.294 e. The number of hydrogen-bond acceptors (Lipinski definition) is 2. The lowest BCUT2D eigenvalue weighted by atomic mass is 10.1. The third-order valence-corrected chi connectivity index (χ3v) is 4.61. The molecule has 1 aromatic carbocycles. The molecule has 0 spiro atoms. The quantitative estimate of drug-likeness (QED) is 0.581. The molecule has 0 aliphatic heterocycles. The van der Waals surface area contributed by atoms with E-state index in [1.54, 1.807) is 11.3 Å². The number of carbonyl (C=O) groups excluding carboxylic acids is 1. The predicted molar refractivity (Wildman–Crippen MR) is 73.8 cm³/mol. The molecule has 4 heteroatoms. The molecule has 0 radical (unpaired) electrons. The monoisotopic (exact) mass is 316 g/mol. The topological polar surface area (TPSA) is 17.1 Å². The first-order valence-electron chi connectivity index (χ1n) is 4.99. The van der Waals surface area contributed by atoms with Crippen LogP contribution in [-0.4, -0.2) is 11.7 Å². The number of carbonyl (C=O) groups is 1. The number of ketones is 1. The number of alkyl halides is 1. The molecule has 0 unspecified atom stereocenters. The van der Waals surface area contributed by atoms with Gasteiger partial charge >= 0.3 is 0 Å². The normalized spacial score (nSPS) is 10.9. The van der Waals surface area contributed by atoms with Crippen LogP contribution in [0.2, 0.25) is 0 Å². The SMILES string of the molecule is O=C(CCCCl)c1csc2c(Br)cccc12. The van der Waals surface area contributed by atoms with Crippen molar-refractivity contribution in [1.82, 2.24) is 0 Å². The zero-order valence-corrected chi connectivity index (χ0v) is 11.7. The van der Waals surface area contributed by atoms with Gasteiger partial charge in [-0.1, -0.05) is 12.1 Å². The highest BCUT2D eigenvalue weighted by atomic mass is 79.9. The summed E-state index contributed by atoms with van der Waals surface area (Å²) in [5.41, 5.74) is 0.825. The van der Waals surface area contributed by atoms with Crippen molar-refractivity contribution >= 4 is 54.7 Å². The van der Waals surface area contributed by atoms with E-state index in [0.717, 1.165) is 26.5 Å². The van der Waals surface area contributed by atoms with Crippen LogP contribution in [-0.2, 0) is 0 Å². The third kappa shape index (κ3) is 2.31. The zero-order chi connectivity index (χ0) is 11.5. The lowest BCUT2D eigenvalue weighted by Gasteiger charge is -1.98. The van der Waals surface area contributed by atoms with Crippen LogP contribution >= 0.6 is 38.9 Å². The maximum absolute atomic E-state index is 11.9. The summed E-state index contributed by atoms with van der Waals surface area (Å²) in [7, 11) is 0. The first-order valence-corrected chi connectivity index (χ1v) is 7.19. The smallest absolute Gasteiger partial charge is 0.164 e. The Labute approximate surface area is 112 Å². The van der Waals surface area contributed by atoms with Crippen molar-refractivity contribution in [1.29, 1.82) is 0 Å². The Morgan fingerprint density at radius 2 is 2.25 bits per heavy atom. The number of hydrogen-bond donors (Lipinski definition) is 0. The van der Waals surface area contributed by atoms with Crippen LogP contribution < -0.4 is 0 Å². The van der Waals surface area contributed by atoms with Gasteiger partial charge in [-0.2, -0.15) is 0 Å². The van der Waals surface area contributed by atoms with Gasteiger partial charge in [0, 0.05) is 37.8 Å². The molecule has 0 bridgehead atoms. The summed E-state index contributed by atoms with van der Waals surface area (Å²) < 4.78 is 2.18. The van der Waals surface area contributed by atoms with E-state index in [4.69, 9.17) is 11.6 Å². The fraction of sp³-hybridized carbons (Fsp3) is 0.250. The van der Waals surface area contributed by atoms with Gasteiger partial charge in [-0.15, -0.1) is 22.9 Å². The Balaban J connectivity index is 2.38. The average Bonchev–Trinajstić information content (AvgIpc) is 2.71. The third-order valence-electron chi connectivity index (χ3n) is 2.39. The van der Waals surface area contributed by atoms with E-state index in [0.29, 0.717) is 12.3 Å². The molecule has 84 valence electrons. The van der Waals surface area contributed by atoms with Gasteiger partial charge in [-0.05, 0) is 28.4 Å². The van der Waals surface area contributed by atoms with Crippen molar-refractivity contribution < 1.29 is 4.79 Å². The molecule has 0 saturated carbocycles. The van der Waals surface area contributed by atoms with Gasteiger partial charge in [-0.25, -0.2) is 0 Å². The van der Waals surface area contributed by atoms with Gasteiger partial charge in [0.25, 0.3) is 0 Å². The second-order valence-corrected chi connectivity index (χ2v) is 5.59. The van der Waals surface area contributed by atoms with Crippen molar-refractivity contribution in [3.8, 4) is 0 Å². The molecule has 1 aromatic heterocycles. The van der Waals surface area contributed by atoms with Gasteiger partial charge in [-0.3, -0.25) is 4.79 Å². The number of Topliss-reactive ketones (excluding diaryl/α,β-unsaturated/α-hetero) is 1. The molecule has 0 amide bonds. The van der Waals surface area contributed by atoms with Crippen LogP contribution in [0.15, 0.2) is 28.1 Å². The molecule has 1 nitrogen and oxygen atoms in total. The van der Waals surface area contributed by atoms with Gasteiger partial charge in [0.15, 0.2) is 5.78 Å². The van der Waals surface area contributed by atoms with Crippen molar-refractivity contribution in [2.24, 2.45) is 0 Å². The summed E-state index contributed by atoms with van der Waals surface area (Å²) in [4.78, 5) is 11.9. The Hall–Kier alpha value is -0.380. The second kappa shape index (κ2) is 5.30. The van der Waals surface area contributed by atoms with Crippen molar-refractivity contribution in [2.45, 2.75) is 12.8 Å². The minimum Gasteiger partial charge on any atom is -0.294 e. The lowest BCUT2D eigenvalue weighted by molar-refractivity contribution is 0.0984. The lowest BCUT2D eigenvalue weighted by Crippen LogP contribution is -1.97. The van der Waals surface area contributed by atoms with E-state index in [2.05, 4.69) is 15.9 Å². The predicted octanol–water partition coefficient (Wildman–Crippen LogP) is 4.87. The van der Waals surface area contributed by atoms with Crippen LogP contribution in [0, 0.1) is 0 Å². The van der Waals surface area contributed by atoms with Gasteiger partial charge in [0.2, 0.25) is 0 Å². The molecular formula is C12H10BrClOS. The molecule has 2 aromatic rings. The molecular weight excluding hydrogens is 308 g/mol. The Morgan fingerprint density at radius 3 is 3.00 bits per heavy atom.